The number of nitrogens with one attached hydrogen (secondary N) is 1. The predicted molar refractivity (Wildman–Crippen MR) is 76.4 cm³/mol. The second-order valence-electron chi connectivity index (χ2n) is 3.90. The minimum absolute atomic E-state index is 0.174. The van der Waals surface area contributed by atoms with Gasteiger partial charge in [0, 0.05) is 12.2 Å². The first-order valence-electron chi connectivity index (χ1n) is 5.71. The van der Waals surface area contributed by atoms with E-state index in [1.54, 1.807) is 0 Å². The van der Waals surface area contributed by atoms with Crippen molar-refractivity contribution < 1.29 is 0 Å². The third-order valence-corrected chi connectivity index (χ3v) is 3.47. The molecule has 94 valence electrons. The van der Waals surface area contributed by atoms with Gasteiger partial charge in [0.15, 0.2) is 5.82 Å². The zero-order chi connectivity index (χ0) is 13.1. The van der Waals surface area contributed by atoms with Gasteiger partial charge in [0.2, 0.25) is 0 Å². The van der Waals surface area contributed by atoms with Gasteiger partial charge in [0.05, 0.1) is 6.33 Å². The summed E-state index contributed by atoms with van der Waals surface area (Å²) in [6.45, 7) is 4.81. The van der Waals surface area contributed by atoms with Gasteiger partial charge in [0.1, 0.15) is 4.47 Å². The maximum Gasteiger partial charge on any atom is 0.267 e. The highest BCUT2D eigenvalue weighted by Crippen LogP contribution is 2.29. The Kier molecular flexibility index (Phi) is 3.81. The van der Waals surface area contributed by atoms with E-state index in [-0.39, 0.29) is 5.56 Å². The summed E-state index contributed by atoms with van der Waals surface area (Å²) in [7, 11) is 0. The van der Waals surface area contributed by atoms with Crippen molar-refractivity contribution in [2.45, 2.75) is 13.8 Å². The normalized spacial score (nSPS) is 10.4. The van der Waals surface area contributed by atoms with Crippen molar-refractivity contribution in [1.29, 1.82) is 0 Å². The molecule has 2 rings (SSSR count). The van der Waals surface area contributed by atoms with E-state index in [2.05, 4.69) is 25.9 Å². The molecule has 0 aliphatic carbocycles. The monoisotopic (exact) mass is 307 g/mol. The summed E-state index contributed by atoms with van der Waals surface area (Å²) in [4.78, 5) is 20.4. The minimum atomic E-state index is -0.174. The molecule has 0 fully saturated rings. The fraction of sp³-hybridized carbons (Fsp3) is 0.231. The van der Waals surface area contributed by atoms with E-state index in [9.17, 15) is 4.79 Å². The van der Waals surface area contributed by atoms with Crippen LogP contribution in [0, 0.1) is 6.92 Å². The lowest BCUT2D eigenvalue weighted by Gasteiger charge is -2.24. The number of aryl methyl sites for hydroxylation is 1. The summed E-state index contributed by atoms with van der Waals surface area (Å²) >= 11 is 3.30. The molecule has 0 aliphatic heterocycles. The van der Waals surface area contributed by atoms with Crippen molar-refractivity contribution in [3.05, 3.63) is 51.0 Å². The molecule has 5 heteroatoms. The van der Waals surface area contributed by atoms with Crippen LogP contribution in [0.1, 0.15) is 12.5 Å². The van der Waals surface area contributed by atoms with Crippen LogP contribution < -0.4 is 10.5 Å². The molecular formula is C13H14BrN3O. The predicted octanol–water partition coefficient (Wildman–Crippen LogP) is 3.00. The number of hydrogen-bond donors (Lipinski definition) is 1. The van der Waals surface area contributed by atoms with Crippen LogP contribution in [0.3, 0.4) is 0 Å². The number of para-hydroxylation sites is 1. The Hall–Kier alpha value is -1.62. The lowest BCUT2D eigenvalue weighted by Crippen LogP contribution is -2.22. The highest BCUT2D eigenvalue weighted by molar-refractivity contribution is 9.10. The summed E-state index contributed by atoms with van der Waals surface area (Å²) in [6, 6.07) is 8.03. The maximum absolute atomic E-state index is 11.6. The number of halogens is 1. The molecule has 0 radical (unpaired) electrons. The standard InChI is InChI=1S/C13H14BrN3O/c1-3-17(10-7-5-4-6-9(10)2)12-11(14)13(18)16-8-15-12/h4-8H,3H2,1-2H3,(H,15,16,18). The fourth-order valence-corrected chi connectivity index (χ4v) is 2.29. The number of hydrogen-bond acceptors (Lipinski definition) is 3. The van der Waals surface area contributed by atoms with Crippen molar-refractivity contribution in [1.82, 2.24) is 9.97 Å². The van der Waals surface area contributed by atoms with E-state index in [1.165, 1.54) is 6.33 Å². The van der Waals surface area contributed by atoms with Crippen molar-refractivity contribution in [2.24, 2.45) is 0 Å². The van der Waals surface area contributed by atoms with Crippen LogP contribution in [0.4, 0.5) is 11.5 Å². The van der Waals surface area contributed by atoms with Crippen LogP contribution >= 0.6 is 15.9 Å². The van der Waals surface area contributed by atoms with Crippen LogP contribution in [-0.4, -0.2) is 16.5 Å². The average Bonchev–Trinajstić information content (AvgIpc) is 2.37. The lowest BCUT2D eigenvalue weighted by molar-refractivity contribution is 0.953. The van der Waals surface area contributed by atoms with Crippen LogP contribution in [0.25, 0.3) is 0 Å². The highest BCUT2D eigenvalue weighted by Gasteiger charge is 2.15. The third-order valence-electron chi connectivity index (χ3n) is 2.76. The largest absolute Gasteiger partial charge is 0.325 e. The molecule has 1 N–H and O–H groups in total. The number of H-pyrrole nitrogens is 1. The Labute approximate surface area is 114 Å². The quantitative estimate of drug-likeness (QED) is 0.948. The first-order valence-corrected chi connectivity index (χ1v) is 6.50. The second-order valence-corrected chi connectivity index (χ2v) is 4.69. The molecule has 0 unspecified atom stereocenters. The van der Waals surface area contributed by atoms with Gasteiger partial charge < -0.3 is 9.88 Å². The van der Waals surface area contributed by atoms with Gasteiger partial charge in [-0.3, -0.25) is 4.79 Å². The topological polar surface area (TPSA) is 49.0 Å². The van der Waals surface area contributed by atoms with E-state index in [0.717, 1.165) is 17.8 Å². The molecule has 18 heavy (non-hydrogen) atoms. The Morgan fingerprint density at radius 3 is 2.78 bits per heavy atom. The summed E-state index contributed by atoms with van der Waals surface area (Å²) in [5.41, 5.74) is 2.03. The van der Waals surface area contributed by atoms with Gasteiger partial charge in [-0.1, -0.05) is 18.2 Å². The number of anilines is 2. The van der Waals surface area contributed by atoms with Crippen LogP contribution in [0.15, 0.2) is 39.9 Å². The van der Waals surface area contributed by atoms with E-state index >= 15 is 0 Å². The van der Waals surface area contributed by atoms with E-state index in [1.807, 2.05) is 43.0 Å². The SMILES string of the molecule is CCN(c1ccccc1C)c1nc[nH]c(=O)c1Br. The molecule has 0 atom stereocenters. The first-order chi connectivity index (χ1) is 8.65. The van der Waals surface area contributed by atoms with Crippen LogP contribution in [-0.2, 0) is 0 Å². The van der Waals surface area contributed by atoms with Crippen LogP contribution in [0.2, 0.25) is 0 Å². The van der Waals surface area contributed by atoms with Crippen molar-refractivity contribution in [2.75, 3.05) is 11.4 Å². The Morgan fingerprint density at radius 1 is 1.39 bits per heavy atom. The molecule has 0 bridgehead atoms. The van der Waals surface area contributed by atoms with Crippen LogP contribution in [0.5, 0.6) is 0 Å². The Morgan fingerprint density at radius 2 is 2.11 bits per heavy atom. The zero-order valence-electron chi connectivity index (χ0n) is 10.3. The summed E-state index contributed by atoms with van der Waals surface area (Å²) in [6.07, 6.45) is 1.42. The van der Waals surface area contributed by atoms with Gasteiger partial charge in [-0.25, -0.2) is 4.98 Å². The minimum Gasteiger partial charge on any atom is -0.325 e. The molecule has 1 aromatic carbocycles. The molecule has 0 saturated carbocycles. The molecule has 0 spiro atoms. The highest BCUT2D eigenvalue weighted by atomic mass is 79.9. The Bertz CT molecular complexity index is 609. The summed E-state index contributed by atoms with van der Waals surface area (Å²) in [5, 5.41) is 0. The summed E-state index contributed by atoms with van der Waals surface area (Å²) < 4.78 is 0.454. The van der Waals surface area contributed by atoms with Crippen molar-refractivity contribution in [3.63, 3.8) is 0 Å². The molecule has 2 aromatic rings. The molecule has 0 amide bonds. The summed E-state index contributed by atoms with van der Waals surface area (Å²) in [5.74, 6) is 0.635. The van der Waals surface area contributed by atoms with Gasteiger partial charge in [0.25, 0.3) is 5.56 Å². The van der Waals surface area contributed by atoms with Gasteiger partial charge >= 0.3 is 0 Å². The number of nitrogens with zero attached hydrogens (tertiary/aromatic N) is 2. The number of benzene rings is 1. The molecule has 1 heterocycles. The second kappa shape index (κ2) is 5.35. The smallest absolute Gasteiger partial charge is 0.267 e. The van der Waals surface area contributed by atoms with E-state index in [0.29, 0.717) is 10.3 Å². The zero-order valence-corrected chi connectivity index (χ0v) is 11.9. The van der Waals surface area contributed by atoms with E-state index in [4.69, 9.17) is 0 Å². The molecule has 0 aliphatic rings. The van der Waals surface area contributed by atoms with Gasteiger partial charge in [-0.05, 0) is 41.4 Å². The van der Waals surface area contributed by atoms with Gasteiger partial charge in [-0.2, -0.15) is 0 Å². The number of rotatable bonds is 3. The maximum atomic E-state index is 11.6. The molecule has 0 saturated heterocycles. The van der Waals surface area contributed by atoms with Gasteiger partial charge in [-0.15, -0.1) is 0 Å². The third kappa shape index (κ3) is 2.31. The lowest BCUT2D eigenvalue weighted by atomic mass is 10.2. The molecule has 4 nitrogen and oxygen atoms in total. The fourth-order valence-electron chi connectivity index (χ4n) is 1.86. The average molecular weight is 308 g/mol. The first kappa shape index (κ1) is 12.8. The number of aromatic nitrogens is 2. The molecular weight excluding hydrogens is 294 g/mol. The van der Waals surface area contributed by atoms with Crippen molar-refractivity contribution in [3.8, 4) is 0 Å². The molecule has 1 aromatic heterocycles. The number of aromatic amines is 1. The van der Waals surface area contributed by atoms with Crippen molar-refractivity contribution >= 4 is 27.4 Å². The van der Waals surface area contributed by atoms with E-state index < -0.39 is 0 Å². The Balaban J connectivity index is 2.56.